The second-order valence-electron chi connectivity index (χ2n) is 12.1. The molecule has 0 spiro atoms. The van der Waals surface area contributed by atoms with Gasteiger partial charge in [-0.15, -0.1) is 11.6 Å². The Morgan fingerprint density at radius 2 is 1.74 bits per heavy atom. The summed E-state index contributed by atoms with van der Waals surface area (Å²) in [6.07, 6.45) is 9.81. The molecule has 1 N–H and O–H groups in total. The van der Waals surface area contributed by atoms with Crippen LogP contribution < -0.4 is 10.9 Å². The monoisotopic (exact) mass is 598 g/mol. The summed E-state index contributed by atoms with van der Waals surface area (Å²) in [7, 11) is 0. The van der Waals surface area contributed by atoms with Crippen LogP contribution in [0.5, 0.6) is 0 Å². The van der Waals surface area contributed by atoms with E-state index in [2.05, 4.69) is 50.5 Å². The molecule has 224 valence electrons. The van der Waals surface area contributed by atoms with E-state index in [0.717, 1.165) is 69.1 Å². The van der Waals surface area contributed by atoms with Crippen LogP contribution in [-0.4, -0.2) is 43.3 Å². The average molecular weight is 599 g/mol. The van der Waals surface area contributed by atoms with Gasteiger partial charge < -0.3 is 5.32 Å². The zero-order chi connectivity index (χ0) is 30.1. The summed E-state index contributed by atoms with van der Waals surface area (Å²) in [5.41, 5.74) is 4.92. The number of pyridine rings is 2. The van der Waals surface area contributed by atoms with Gasteiger partial charge in [-0.25, -0.2) is 9.97 Å². The van der Waals surface area contributed by atoms with Gasteiger partial charge in [0.1, 0.15) is 11.5 Å². The highest BCUT2D eigenvalue weighted by atomic mass is 35.5. The normalized spacial score (nSPS) is 17.4. The standard InChI is InChI=1S/C34H39ClN6O2/c1-21-29-19-37-34(39-32(29)41(28-6-4-5-7-28)33(43)31(21)23(3)42)38-30-13-12-27(18-36-30)26-14-16-40(17-15-26)20-24-8-10-25(11-9-24)22(2)35/h8-13,18-19,22,26,28H,4-7,14-17,20H2,1-3H3,(H,36,37,38,39)/t22-/m1/s1. The van der Waals surface area contributed by atoms with Gasteiger partial charge in [-0.3, -0.25) is 19.1 Å². The van der Waals surface area contributed by atoms with Crippen molar-refractivity contribution >= 4 is 40.2 Å². The number of fused-ring (bicyclic) bond motifs is 1. The molecule has 1 saturated heterocycles. The Bertz CT molecular complexity index is 1670. The van der Waals surface area contributed by atoms with Crippen LogP contribution in [0.1, 0.15) is 102 Å². The van der Waals surface area contributed by atoms with E-state index >= 15 is 0 Å². The molecule has 0 radical (unpaired) electrons. The number of Topliss-reactive ketones (excluding diaryl/α,β-unsaturated/α-hetero) is 1. The predicted molar refractivity (Wildman–Crippen MR) is 172 cm³/mol. The van der Waals surface area contributed by atoms with Gasteiger partial charge in [0.2, 0.25) is 5.95 Å². The molecule has 2 fully saturated rings. The van der Waals surface area contributed by atoms with Gasteiger partial charge in [0.05, 0.1) is 10.9 Å². The summed E-state index contributed by atoms with van der Waals surface area (Å²) >= 11 is 6.20. The molecule has 2 aliphatic rings. The third-order valence-electron chi connectivity index (χ3n) is 9.18. The fourth-order valence-electron chi connectivity index (χ4n) is 6.71. The number of carbonyl (C=O) groups excluding carboxylic acids is 1. The van der Waals surface area contributed by atoms with E-state index in [-0.39, 0.29) is 28.3 Å². The molecule has 0 unspecified atom stereocenters. The first kappa shape index (κ1) is 29.5. The van der Waals surface area contributed by atoms with Gasteiger partial charge >= 0.3 is 0 Å². The Morgan fingerprint density at radius 3 is 2.37 bits per heavy atom. The molecule has 1 saturated carbocycles. The highest BCUT2D eigenvalue weighted by molar-refractivity contribution is 6.20. The highest BCUT2D eigenvalue weighted by Crippen LogP contribution is 2.33. The van der Waals surface area contributed by atoms with E-state index in [1.54, 1.807) is 17.7 Å². The quantitative estimate of drug-likeness (QED) is 0.169. The number of likely N-dealkylation sites (tertiary alicyclic amines) is 1. The van der Waals surface area contributed by atoms with Crippen molar-refractivity contribution in [3.8, 4) is 0 Å². The maximum Gasteiger partial charge on any atom is 0.263 e. The maximum absolute atomic E-state index is 13.5. The first-order chi connectivity index (χ1) is 20.8. The molecule has 6 rings (SSSR count). The van der Waals surface area contributed by atoms with Gasteiger partial charge in [-0.05, 0) is 93.8 Å². The zero-order valence-corrected chi connectivity index (χ0v) is 25.9. The van der Waals surface area contributed by atoms with Gasteiger partial charge in [0.15, 0.2) is 5.78 Å². The number of benzene rings is 1. The van der Waals surface area contributed by atoms with Crippen LogP contribution in [0, 0.1) is 6.92 Å². The molecule has 43 heavy (non-hydrogen) atoms. The van der Waals surface area contributed by atoms with E-state index in [1.165, 1.54) is 18.1 Å². The van der Waals surface area contributed by atoms with E-state index in [0.29, 0.717) is 28.9 Å². The lowest BCUT2D eigenvalue weighted by atomic mass is 9.90. The van der Waals surface area contributed by atoms with Crippen molar-refractivity contribution < 1.29 is 4.79 Å². The van der Waals surface area contributed by atoms with Crippen LogP contribution in [0.4, 0.5) is 11.8 Å². The van der Waals surface area contributed by atoms with Gasteiger partial charge in [-0.1, -0.05) is 43.2 Å². The minimum Gasteiger partial charge on any atom is -0.309 e. The van der Waals surface area contributed by atoms with Crippen molar-refractivity contribution in [1.82, 2.24) is 24.4 Å². The number of rotatable bonds is 8. The van der Waals surface area contributed by atoms with E-state index < -0.39 is 0 Å². The molecule has 4 heterocycles. The van der Waals surface area contributed by atoms with Crippen molar-refractivity contribution in [2.45, 2.75) is 83.2 Å². The Balaban J connectivity index is 1.14. The van der Waals surface area contributed by atoms with E-state index in [1.807, 2.05) is 19.2 Å². The van der Waals surface area contributed by atoms with Crippen molar-refractivity contribution in [2.24, 2.45) is 0 Å². The SMILES string of the molecule is CC(=O)c1c(C)c2cnc(Nc3ccc(C4CCN(Cc5ccc([C@@H](C)Cl)cc5)CC4)cn3)nc2n(C2CCCC2)c1=O. The van der Waals surface area contributed by atoms with Crippen molar-refractivity contribution in [3.63, 3.8) is 0 Å². The number of aromatic nitrogens is 4. The predicted octanol–water partition coefficient (Wildman–Crippen LogP) is 7.24. The molecule has 9 heteroatoms. The van der Waals surface area contributed by atoms with E-state index in [4.69, 9.17) is 16.6 Å². The van der Waals surface area contributed by atoms with Crippen molar-refractivity contribution in [2.75, 3.05) is 18.4 Å². The molecular formula is C34H39ClN6O2. The molecule has 1 atom stereocenters. The van der Waals surface area contributed by atoms with Crippen LogP contribution >= 0.6 is 11.6 Å². The van der Waals surface area contributed by atoms with Crippen LogP contribution in [0.25, 0.3) is 11.0 Å². The molecule has 0 amide bonds. The highest BCUT2D eigenvalue weighted by Gasteiger charge is 2.26. The molecule has 3 aromatic heterocycles. The minimum absolute atomic E-state index is 0.0342. The summed E-state index contributed by atoms with van der Waals surface area (Å²) in [5.74, 6) is 1.30. The first-order valence-corrected chi connectivity index (χ1v) is 15.8. The largest absolute Gasteiger partial charge is 0.309 e. The lowest BCUT2D eigenvalue weighted by molar-refractivity contribution is 0.101. The molecule has 1 aromatic carbocycles. The molecule has 1 aliphatic heterocycles. The van der Waals surface area contributed by atoms with Crippen LogP contribution in [0.3, 0.4) is 0 Å². The fraction of sp³-hybridized carbons (Fsp3) is 0.441. The Labute approximate surface area is 257 Å². The number of ketones is 1. The molecule has 8 nitrogen and oxygen atoms in total. The van der Waals surface area contributed by atoms with Crippen LogP contribution in [-0.2, 0) is 6.54 Å². The van der Waals surface area contributed by atoms with Gasteiger partial charge in [0.25, 0.3) is 5.56 Å². The lowest BCUT2D eigenvalue weighted by Crippen LogP contribution is -2.32. The summed E-state index contributed by atoms with van der Waals surface area (Å²) < 4.78 is 1.73. The lowest BCUT2D eigenvalue weighted by Gasteiger charge is -2.32. The van der Waals surface area contributed by atoms with Crippen molar-refractivity contribution in [1.29, 1.82) is 0 Å². The third-order valence-corrected chi connectivity index (χ3v) is 9.43. The van der Waals surface area contributed by atoms with Gasteiger partial charge in [-0.2, -0.15) is 4.98 Å². The second-order valence-corrected chi connectivity index (χ2v) is 12.8. The average Bonchev–Trinajstić information content (AvgIpc) is 3.53. The molecular weight excluding hydrogens is 560 g/mol. The number of carbonyl (C=O) groups is 1. The number of piperidine rings is 1. The zero-order valence-electron chi connectivity index (χ0n) is 25.1. The van der Waals surface area contributed by atoms with Crippen molar-refractivity contribution in [3.05, 3.63) is 87.0 Å². The summed E-state index contributed by atoms with van der Waals surface area (Å²) in [4.78, 5) is 42.4. The fourth-order valence-corrected chi connectivity index (χ4v) is 6.86. The number of aryl methyl sites for hydroxylation is 1. The Hall–Kier alpha value is -3.62. The minimum atomic E-state index is -0.249. The number of nitrogens with zero attached hydrogens (tertiary/aromatic N) is 5. The smallest absolute Gasteiger partial charge is 0.263 e. The topological polar surface area (TPSA) is 93.0 Å². The maximum atomic E-state index is 13.5. The Morgan fingerprint density at radius 1 is 1.02 bits per heavy atom. The number of nitrogens with one attached hydrogen (secondary N) is 1. The number of halogens is 1. The Kier molecular flexibility index (Phi) is 8.59. The summed E-state index contributed by atoms with van der Waals surface area (Å²) in [6.45, 7) is 8.32. The molecule has 0 bridgehead atoms. The molecule has 4 aromatic rings. The number of anilines is 2. The third kappa shape index (κ3) is 6.22. The number of hydrogen-bond donors (Lipinski definition) is 1. The summed E-state index contributed by atoms with van der Waals surface area (Å²) in [5, 5.41) is 4.00. The number of alkyl halides is 1. The van der Waals surface area contributed by atoms with Crippen LogP contribution in [0.2, 0.25) is 0 Å². The second kappa shape index (κ2) is 12.5. The first-order valence-electron chi connectivity index (χ1n) is 15.4. The summed E-state index contributed by atoms with van der Waals surface area (Å²) in [6, 6.07) is 12.8. The van der Waals surface area contributed by atoms with Crippen LogP contribution in [0.15, 0.2) is 53.6 Å². The van der Waals surface area contributed by atoms with E-state index in [9.17, 15) is 9.59 Å². The number of hydrogen-bond acceptors (Lipinski definition) is 7. The molecule has 1 aliphatic carbocycles. The van der Waals surface area contributed by atoms with Gasteiger partial charge in [0, 0.05) is 30.4 Å².